The van der Waals surface area contributed by atoms with Crippen LogP contribution in [0.2, 0.25) is 0 Å². The SMILES string of the molecule is CC1=C(C(=O)OC2C=CCCC2)C(c2ccc([N+](=O)[O-])cc2)NC(=O)N1. The van der Waals surface area contributed by atoms with Gasteiger partial charge in [-0.15, -0.1) is 0 Å². The van der Waals surface area contributed by atoms with Gasteiger partial charge in [0.2, 0.25) is 0 Å². The molecule has 2 amide bonds. The summed E-state index contributed by atoms with van der Waals surface area (Å²) in [6, 6.07) is 4.55. The van der Waals surface area contributed by atoms with Gasteiger partial charge in [0.15, 0.2) is 0 Å². The summed E-state index contributed by atoms with van der Waals surface area (Å²) in [6.07, 6.45) is 6.25. The summed E-state index contributed by atoms with van der Waals surface area (Å²) in [7, 11) is 0. The minimum Gasteiger partial charge on any atom is -0.455 e. The number of nitrogens with one attached hydrogen (secondary N) is 2. The first kappa shape index (κ1) is 17.7. The molecule has 0 spiro atoms. The molecule has 0 saturated carbocycles. The van der Waals surface area contributed by atoms with Gasteiger partial charge in [-0.25, -0.2) is 9.59 Å². The summed E-state index contributed by atoms with van der Waals surface area (Å²) >= 11 is 0. The summed E-state index contributed by atoms with van der Waals surface area (Å²) in [6.45, 7) is 1.63. The highest BCUT2D eigenvalue weighted by Gasteiger charge is 2.33. The molecule has 0 saturated heterocycles. The van der Waals surface area contributed by atoms with Crippen molar-refractivity contribution in [1.82, 2.24) is 10.6 Å². The molecule has 2 N–H and O–H groups in total. The molecule has 0 radical (unpaired) electrons. The molecular formula is C18H19N3O5. The van der Waals surface area contributed by atoms with Crippen LogP contribution in [0.4, 0.5) is 10.5 Å². The van der Waals surface area contributed by atoms with Crippen LogP contribution in [0, 0.1) is 10.1 Å². The number of allylic oxidation sites excluding steroid dienone is 2. The average molecular weight is 357 g/mol. The molecule has 1 heterocycles. The summed E-state index contributed by atoms with van der Waals surface area (Å²) in [5, 5.41) is 16.1. The number of urea groups is 1. The second-order valence-corrected chi connectivity index (χ2v) is 6.22. The van der Waals surface area contributed by atoms with Gasteiger partial charge in [0.05, 0.1) is 16.5 Å². The van der Waals surface area contributed by atoms with Gasteiger partial charge in [0.1, 0.15) is 6.10 Å². The van der Waals surface area contributed by atoms with Crippen molar-refractivity contribution in [2.24, 2.45) is 0 Å². The van der Waals surface area contributed by atoms with E-state index in [-0.39, 0.29) is 17.4 Å². The van der Waals surface area contributed by atoms with Gasteiger partial charge < -0.3 is 15.4 Å². The van der Waals surface area contributed by atoms with Crippen LogP contribution in [0.25, 0.3) is 0 Å². The van der Waals surface area contributed by atoms with E-state index in [4.69, 9.17) is 4.74 Å². The molecule has 1 aliphatic heterocycles. The summed E-state index contributed by atoms with van der Waals surface area (Å²) in [5.74, 6) is -0.519. The first-order valence-corrected chi connectivity index (χ1v) is 8.36. The number of carbonyl (C=O) groups excluding carboxylic acids is 2. The minimum absolute atomic E-state index is 0.0637. The molecule has 2 aliphatic rings. The zero-order chi connectivity index (χ0) is 18.7. The molecule has 26 heavy (non-hydrogen) atoms. The predicted octanol–water partition coefficient (Wildman–Crippen LogP) is 2.87. The highest BCUT2D eigenvalue weighted by molar-refractivity contribution is 5.95. The Bertz CT molecular complexity index is 798. The van der Waals surface area contributed by atoms with E-state index in [1.165, 1.54) is 24.3 Å². The van der Waals surface area contributed by atoms with Gasteiger partial charge in [0, 0.05) is 17.8 Å². The lowest BCUT2D eigenvalue weighted by Crippen LogP contribution is -2.45. The Hall–Kier alpha value is -3.16. The van der Waals surface area contributed by atoms with Crippen LogP contribution < -0.4 is 10.6 Å². The lowest BCUT2D eigenvalue weighted by molar-refractivity contribution is -0.384. The standard InChI is InChI=1S/C18H19N3O5/c1-11-15(17(22)26-14-5-3-2-4-6-14)16(20-18(23)19-11)12-7-9-13(10-8-12)21(24)25/h3,5,7-10,14,16H,2,4,6H2,1H3,(H2,19,20,23). The first-order valence-electron chi connectivity index (χ1n) is 8.36. The second kappa shape index (κ2) is 7.38. The summed E-state index contributed by atoms with van der Waals surface area (Å²) < 4.78 is 5.57. The highest BCUT2D eigenvalue weighted by Crippen LogP contribution is 2.29. The lowest BCUT2D eigenvalue weighted by atomic mass is 9.95. The van der Waals surface area contributed by atoms with Gasteiger partial charge in [-0.3, -0.25) is 10.1 Å². The fourth-order valence-electron chi connectivity index (χ4n) is 3.08. The number of nitro groups is 1. The maximum atomic E-state index is 12.7. The van der Waals surface area contributed by atoms with Crippen molar-refractivity contribution in [3.8, 4) is 0 Å². The fraction of sp³-hybridized carbons (Fsp3) is 0.333. The molecule has 0 fully saturated rings. The van der Waals surface area contributed by atoms with Crippen LogP contribution in [0.1, 0.15) is 37.8 Å². The average Bonchev–Trinajstić information content (AvgIpc) is 2.61. The Morgan fingerprint density at radius 1 is 1.31 bits per heavy atom. The van der Waals surface area contributed by atoms with Crippen LogP contribution in [-0.2, 0) is 9.53 Å². The van der Waals surface area contributed by atoms with Crippen molar-refractivity contribution in [1.29, 1.82) is 0 Å². The normalized spacial score (nSPS) is 22.4. The van der Waals surface area contributed by atoms with E-state index in [9.17, 15) is 19.7 Å². The molecule has 0 bridgehead atoms. The molecule has 1 aromatic carbocycles. The van der Waals surface area contributed by atoms with Gasteiger partial charge >= 0.3 is 12.0 Å². The number of rotatable bonds is 4. The van der Waals surface area contributed by atoms with Crippen molar-refractivity contribution in [2.75, 3.05) is 0 Å². The van der Waals surface area contributed by atoms with Crippen molar-refractivity contribution < 1.29 is 19.2 Å². The number of nitrogens with zero attached hydrogens (tertiary/aromatic N) is 1. The number of carbonyl (C=O) groups is 2. The maximum absolute atomic E-state index is 12.7. The Morgan fingerprint density at radius 3 is 2.65 bits per heavy atom. The van der Waals surface area contributed by atoms with E-state index in [0.29, 0.717) is 11.3 Å². The topological polar surface area (TPSA) is 111 Å². The van der Waals surface area contributed by atoms with E-state index in [1.807, 2.05) is 12.2 Å². The van der Waals surface area contributed by atoms with E-state index in [0.717, 1.165) is 19.3 Å². The van der Waals surface area contributed by atoms with Crippen molar-refractivity contribution in [3.63, 3.8) is 0 Å². The zero-order valence-electron chi connectivity index (χ0n) is 14.2. The first-order chi connectivity index (χ1) is 12.5. The van der Waals surface area contributed by atoms with Crippen molar-refractivity contribution >= 4 is 17.7 Å². The largest absolute Gasteiger partial charge is 0.455 e. The Kier molecular flexibility index (Phi) is 5.01. The van der Waals surface area contributed by atoms with Crippen LogP contribution in [-0.4, -0.2) is 23.0 Å². The smallest absolute Gasteiger partial charge is 0.338 e. The number of hydrogen-bond donors (Lipinski definition) is 2. The number of esters is 1. The van der Waals surface area contributed by atoms with E-state index in [2.05, 4.69) is 10.6 Å². The number of ether oxygens (including phenoxy) is 1. The third-order valence-electron chi connectivity index (χ3n) is 4.39. The van der Waals surface area contributed by atoms with Gasteiger partial charge in [0.25, 0.3) is 5.69 Å². The van der Waals surface area contributed by atoms with Crippen LogP contribution in [0.3, 0.4) is 0 Å². The molecule has 0 aromatic heterocycles. The quantitative estimate of drug-likeness (QED) is 0.372. The molecule has 136 valence electrons. The molecule has 1 aromatic rings. The monoisotopic (exact) mass is 357 g/mol. The van der Waals surface area contributed by atoms with Crippen LogP contribution in [0.15, 0.2) is 47.7 Å². The number of hydrogen-bond acceptors (Lipinski definition) is 5. The van der Waals surface area contributed by atoms with Crippen LogP contribution in [0.5, 0.6) is 0 Å². The van der Waals surface area contributed by atoms with Crippen molar-refractivity contribution in [3.05, 3.63) is 63.4 Å². The van der Waals surface area contributed by atoms with Crippen molar-refractivity contribution in [2.45, 2.75) is 38.3 Å². The number of amides is 2. The highest BCUT2D eigenvalue weighted by atomic mass is 16.6. The molecule has 2 atom stereocenters. The van der Waals surface area contributed by atoms with Gasteiger partial charge in [-0.05, 0) is 50.0 Å². The lowest BCUT2D eigenvalue weighted by Gasteiger charge is -2.29. The minimum atomic E-state index is -0.732. The summed E-state index contributed by atoms with van der Waals surface area (Å²) in [4.78, 5) is 34.9. The molecule has 8 heteroatoms. The maximum Gasteiger partial charge on any atom is 0.338 e. The molecule has 2 unspecified atom stereocenters. The fourth-order valence-corrected chi connectivity index (χ4v) is 3.08. The number of non-ortho nitro benzene ring substituents is 1. The Labute approximate surface area is 150 Å². The third kappa shape index (κ3) is 3.74. The Balaban J connectivity index is 1.88. The molecular weight excluding hydrogens is 338 g/mol. The Morgan fingerprint density at radius 2 is 2.04 bits per heavy atom. The third-order valence-corrected chi connectivity index (χ3v) is 4.39. The van der Waals surface area contributed by atoms with E-state index >= 15 is 0 Å². The predicted molar refractivity (Wildman–Crippen MR) is 93.1 cm³/mol. The number of nitro benzene ring substituents is 1. The van der Waals surface area contributed by atoms with E-state index < -0.39 is 23.0 Å². The second-order valence-electron chi connectivity index (χ2n) is 6.22. The molecule has 3 rings (SSSR count). The van der Waals surface area contributed by atoms with Crippen LogP contribution >= 0.6 is 0 Å². The van der Waals surface area contributed by atoms with E-state index in [1.54, 1.807) is 6.92 Å². The van der Waals surface area contributed by atoms with Gasteiger partial charge in [-0.1, -0.05) is 6.08 Å². The van der Waals surface area contributed by atoms with Gasteiger partial charge in [-0.2, -0.15) is 0 Å². The summed E-state index contributed by atoms with van der Waals surface area (Å²) in [5.41, 5.74) is 1.20. The molecule has 1 aliphatic carbocycles. The molecule has 8 nitrogen and oxygen atoms in total. The number of benzene rings is 1. The zero-order valence-corrected chi connectivity index (χ0v) is 14.2.